The molecule has 0 N–H and O–H groups in total. The van der Waals surface area contributed by atoms with Gasteiger partial charge in [0.05, 0.1) is 40.0 Å². The number of thiazole rings is 1. The van der Waals surface area contributed by atoms with E-state index in [1.165, 1.54) is 36.6 Å². The summed E-state index contributed by atoms with van der Waals surface area (Å²) < 4.78 is 18.4. The summed E-state index contributed by atoms with van der Waals surface area (Å²) in [5.74, 6) is -0.446. The summed E-state index contributed by atoms with van der Waals surface area (Å²) in [5, 5.41) is 11.4. The molecule has 0 radical (unpaired) electrons. The van der Waals surface area contributed by atoms with Gasteiger partial charge in [0, 0.05) is 11.6 Å². The Hall–Kier alpha value is -2.52. The Labute approximate surface area is 143 Å². The SMILES string of the molecule is COC(=O)c1ccc2nc(-c3ccc([N+](=O)[O-])c(SF)c3)sc2c1. The number of carbonyl (C=O) groups is 1. The van der Waals surface area contributed by atoms with Crippen molar-refractivity contribution in [2.75, 3.05) is 7.11 Å². The quantitative estimate of drug-likeness (QED) is 0.381. The van der Waals surface area contributed by atoms with Crippen LogP contribution >= 0.6 is 23.5 Å². The van der Waals surface area contributed by atoms with Gasteiger partial charge in [0.2, 0.25) is 0 Å². The Morgan fingerprint density at radius 1 is 1.33 bits per heavy atom. The van der Waals surface area contributed by atoms with E-state index in [2.05, 4.69) is 9.72 Å². The Morgan fingerprint density at radius 3 is 2.79 bits per heavy atom. The molecule has 0 aliphatic carbocycles. The Kier molecular flexibility index (Phi) is 4.45. The highest BCUT2D eigenvalue weighted by molar-refractivity contribution is 7.94. The van der Waals surface area contributed by atoms with Crippen LogP contribution in [0.25, 0.3) is 20.8 Å². The van der Waals surface area contributed by atoms with Crippen molar-refractivity contribution in [3.05, 3.63) is 52.1 Å². The summed E-state index contributed by atoms with van der Waals surface area (Å²) in [6.45, 7) is 0. The highest BCUT2D eigenvalue weighted by Gasteiger charge is 2.17. The first-order valence-electron chi connectivity index (χ1n) is 6.60. The van der Waals surface area contributed by atoms with Crippen LogP contribution in [0.15, 0.2) is 41.3 Å². The number of carbonyl (C=O) groups excluding carboxylic acids is 1. The van der Waals surface area contributed by atoms with Crippen LogP contribution in [0.1, 0.15) is 10.4 Å². The summed E-state index contributed by atoms with van der Waals surface area (Å²) in [5.41, 5.74) is 1.36. The molecule has 1 heterocycles. The smallest absolute Gasteiger partial charge is 0.337 e. The third-order valence-corrected chi connectivity index (χ3v) is 4.86. The summed E-state index contributed by atoms with van der Waals surface area (Å²) in [4.78, 5) is 26.2. The van der Waals surface area contributed by atoms with Crippen LogP contribution in [0.5, 0.6) is 0 Å². The number of fused-ring (bicyclic) bond motifs is 1. The van der Waals surface area contributed by atoms with Crippen molar-refractivity contribution < 1.29 is 18.3 Å². The number of rotatable bonds is 4. The lowest BCUT2D eigenvalue weighted by Crippen LogP contribution is -1.99. The monoisotopic (exact) mass is 364 g/mol. The van der Waals surface area contributed by atoms with Gasteiger partial charge >= 0.3 is 5.97 Å². The zero-order valence-electron chi connectivity index (χ0n) is 12.2. The molecule has 0 atom stereocenters. The molecule has 9 heteroatoms. The number of nitro groups is 1. The summed E-state index contributed by atoms with van der Waals surface area (Å²) in [6, 6.07) is 9.13. The van der Waals surface area contributed by atoms with Gasteiger partial charge in [-0.3, -0.25) is 10.1 Å². The lowest BCUT2D eigenvalue weighted by molar-refractivity contribution is -0.387. The Balaban J connectivity index is 2.06. The maximum Gasteiger partial charge on any atom is 0.337 e. The number of ether oxygens (including phenoxy) is 1. The Bertz CT molecular complexity index is 958. The zero-order chi connectivity index (χ0) is 17.3. The molecule has 0 saturated carbocycles. The third-order valence-electron chi connectivity index (χ3n) is 3.30. The van der Waals surface area contributed by atoms with Gasteiger partial charge in [-0.2, -0.15) is 3.89 Å². The average Bonchev–Trinajstić information content (AvgIpc) is 3.03. The van der Waals surface area contributed by atoms with Crippen LogP contribution in [-0.2, 0) is 4.74 Å². The molecule has 0 unspecified atom stereocenters. The van der Waals surface area contributed by atoms with Crippen LogP contribution < -0.4 is 0 Å². The summed E-state index contributed by atoms with van der Waals surface area (Å²) >= 11 is 1.13. The topological polar surface area (TPSA) is 82.3 Å². The number of hydrogen-bond acceptors (Lipinski definition) is 7. The number of halogens is 1. The second kappa shape index (κ2) is 6.54. The molecule has 0 fully saturated rings. The van der Waals surface area contributed by atoms with E-state index in [0.29, 0.717) is 21.7 Å². The fraction of sp³-hybridized carbons (Fsp3) is 0.0667. The maximum atomic E-state index is 13.0. The molecule has 122 valence electrons. The van der Waals surface area contributed by atoms with Crippen molar-refractivity contribution in [1.29, 1.82) is 0 Å². The molecule has 0 bridgehead atoms. The first kappa shape index (κ1) is 16.3. The van der Waals surface area contributed by atoms with Gasteiger partial charge in [-0.1, -0.05) is 0 Å². The highest BCUT2D eigenvalue weighted by atomic mass is 32.2. The molecule has 0 amide bonds. The van der Waals surface area contributed by atoms with Gasteiger partial charge in [-0.25, -0.2) is 9.78 Å². The second-order valence-corrected chi connectivity index (χ2v) is 6.33. The molecule has 6 nitrogen and oxygen atoms in total. The number of hydrogen-bond donors (Lipinski definition) is 0. The first-order chi connectivity index (χ1) is 11.5. The summed E-state index contributed by atoms with van der Waals surface area (Å²) in [7, 11) is 1.30. The van der Waals surface area contributed by atoms with E-state index in [9.17, 15) is 18.8 Å². The maximum absolute atomic E-state index is 13.0. The lowest BCUT2D eigenvalue weighted by Gasteiger charge is -2.00. The van der Waals surface area contributed by atoms with Crippen molar-refractivity contribution in [1.82, 2.24) is 4.98 Å². The number of benzene rings is 2. The Morgan fingerprint density at radius 2 is 2.12 bits per heavy atom. The number of nitro benzene ring substituents is 1. The molecule has 0 aliphatic rings. The normalized spacial score (nSPS) is 10.8. The van der Waals surface area contributed by atoms with Crippen LogP contribution in [0.4, 0.5) is 9.57 Å². The minimum Gasteiger partial charge on any atom is -0.465 e. The first-order valence-corrected chi connectivity index (χ1v) is 8.13. The van der Waals surface area contributed by atoms with Crippen LogP contribution in [0, 0.1) is 10.1 Å². The number of nitrogens with zero attached hydrogens (tertiary/aromatic N) is 2. The van der Waals surface area contributed by atoms with Crippen LogP contribution in [-0.4, -0.2) is 23.0 Å². The standard InChI is InChI=1S/C15H9FN2O4S2/c1-22-15(19)9-2-4-10-12(7-9)23-14(17-10)8-3-5-11(18(20)21)13(6-8)24-16/h2-7H,1H3. The fourth-order valence-corrected chi connectivity index (χ4v) is 3.55. The van der Waals surface area contributed by atoms with E-state index in [-0.39, 0.29) is 22.7 Å². The molecule has 2 aromatic carbocycles. The van der Waals surface area contributed by atoms with E-state index in [4.69, 9.17) is 0 Å². The van der Waals surface area contributed by atoms with E-state index >= 15 is 0 Å². The summed E-state index contributed by atoms with van der Waals surface area (Å²) in [6.07, 6.45) is 0. The van der Waals surface area contributed by atoms with Gasteiger partial charge in [0.15, 0.2) is 0 Å². The van der Waals surface area contributed by atoms with E-state index < -0.39 is 10.9 Å². The number of aromatic nitrogens is 1. The predicted molar refractivity (Wildman–Crippen MR) is 90.0 cm³/mol. The van der Waals surface area contributed by atoms with Crippen molar-refractivity contribution in [2.24, 2.45) is 0 Å². The van der Waals surface area contributed by atoms with E-state index in [1.54, 1.807) is 18.2 Å². The van der Waals surface area contributed by atoms with Crippen molar-refractivity contribution in [3.8, 4) is 10.6 Å². The molecular formula is C15H9FN2O4S2. The van der Waals surface area contributed by atoms with Crippen LogP contribution in [0.3, 0.4) is 0 Å². The van der Waals surface area contributed by atoms with E-state index in [0.717, 1.165) is 4.70 Å². The minimum absolute atomic E-state index is 0.0768. The van der Waals surface area contributed by atoms with Crippen molar-refractivity contribution in [3.63, 3.8) is 0 Å². The lowest BCUT2D eigenvalue weighted by atomic mass is 10.2. The van der Waals surface area contributed by atoms with Crippen molar-refractivity contribution >= 4 is 45.4 Å². The molecule has 3 aromatic rings. The van der Waals surface area contributed by atoms with Crippen molar-refractivity contribution in [2.45, 2.75) is 4.90 Å². The molecular weight excluding hydrogens is 355 g/mol. The zero-order valence-corrected chi connectivity index (χ0v) is 13.8. The second-order valence-electron chi connectivity index (χ2n) is 4.71. The molecule has 24 heavy (non-hydrogen) atoms. The average molecular weight is 364 g/mol. The molecule has 1 aromatic heterocycles. The highest BCUT2D eigenvalue weighted by Crippen LogP contribution is 2.37. The largest absolute Gasteiger partial charge is 0.465 e. The molecule has 0 saturated heterocycles. The number of methoxy groups -OCH3 is 1. The van der Waals surface area contributed by atoms with Gasteiger partial charge < -0.3 is 4.74 Å². The predicted octanol–water partition coefficient (Wildman–Crippen LogP) is 4.63. The molecule has 0 spiro atoms. The molecule has 0 aliphatic heterocycles. The minimum atomic E-state index is -0.632. The van der Waals surface area contributed by atoms with Crippen LogP contribution in [0.2, 0.25) is 0 Å². The third kappa shape index (κ3) is 2.95. The molecule has 3 rings (SSSR count). The number of esters is 1. The van der Waals surface area contributed by atoms with E-state index in [1.807, 2.05) is 0 Å². The van der Waals surface area contributed by atoms with Gasteiger partial charge in [-0.05, 0) is 30.3 Å². The van der Waals surface area contributed by atoms with Gasteiger partial charge in [0.1, 0.15) is 9.90 Å². The fourth-order valence-electron chi connectivity index (χ4n) is 2.15. The van der Waals surface area contributed by atoms with Gasteiger partial charge in [0.25, 0.3) is 5.69 Å². The van der Waals surface area contributed by atoms with Gasteiger partial charge in [-0.15, -0.1) is 11.3 Å².